The van der Waals surface area contributed by atoms with Crippen LogP contribution in [0.15, 0.2) is 17.5 Å². The molecule has 0 aliphatic heterocycles. The zero-order valence-electron chi connectivity index (χ0n) is 10.1. The summed E-state index contributed by atoms with van der Waals surface area (Å²) >= 11 is 0. The highest BCUT2D eigenvalue weighted by Crippen LogP contribution is 2.05. The maximum atomic E-state index is 10.9. The number of aromatic nitrogens is 2. The van der Waals surface area contributed by atoms with Crippen molar-refractivity contribution < 1.29 is 19.1 Å². The number of nitrogens with one attached hydrogen (secondary N) is 1. The Balaban J connectivity index is 2.41. The third kappa shape index (κ3) is 5.10. The average Bonchev–Trinajstić information content (AvgIpc) is 2.75. The Kier molecular flexibility index (Phi) is 5.36. The van der Waals surface area contributed by atoms with Gasteiger partial charge in [0.2, 0.25) is 0 Å². The van der Waals surface area contributed by atoms with E-state index >= 15 is 0 Å². The molecule has 18 heavy (non-hydrogen) atoms. The molecule has 1 N–H and O–H groups in total. The fourth-order valence-electron chi connectivity index (χ4n) is 0.975. The number of carbonyl (C=O) groups is 2. The van der Waals surface area contributed by atoms with Crippen LogP contribution < -0.4 is 5.32 Å². The Bertz CT molecular complexity index is 441. The molecular weight excluding hydrogens is 240 g/mol. The summed E-state index contributed by atoms with van der Waals surface area (Å²) in [5.74, 6) is -0.00307. The van der Waals surface area contributed by atoms with Crippen molar-refractivity contribution in [2.24, 2.45) is 4.99 Å². The van der Waals surface area contributed by atoms with Gasteiger partial charge in [0.25, 0.3) is 0 Å². The minimum Gasteiger partial charge on any atom is -0.450 e. The van der Waals surface area contributed by atoms with E-state index in [4.69, 9.17) is 4.74 Å². The molecule has 1 amide bonds. The number of amides is 1. The first-order chi connectivity index (χ1) is 8.61. The number of hydrogen-bond donors (Lipinski definition) is 1. The molecule has 1 aromatic heterocycles. The van der Waals surface area contributed by atoms with Gasteiger partial charge in [0, 0.05) is 6.92 Å². The molecule has 0 bridgehead atoms. The van der Waals surface area contributed by atoms with Gasteiger partial charge in [-0.2, -0.15) is 0 Å². The molecule has 0 aromatic carbocycles. The summed E-state index contributed by atoms with van der Waals surface area (Å²) in [6.07, 6.45) is 3.61. The van der Waals surface area contributed by atoms with Crippen LogP contribution >= 0.6 is 0 Å². The Labute approximate surface area is 104 Å². The standard InChI is InChI=1S/C10H14N4O4/c1-3-17-10(16)12-5-11-9-4-14(6-13-9)7-18-8(2)15/h4-6H,3,7H2,1-2H3,(H,11,12,16). The number of ether oxygens (including phenoxy) is 2. The molecule has 1 rings (SSSR count). The maximum absolute atomic E-state index is 10.9. The summed E-state index contributed by atoms with van der Waals surface area (Å²) in [6, 6.07) is 0. The van der Waals surface area contributed by atoms with Gasteiger partial charge in [-0.15, -0.1) is 0 Å². The fraction of sp³-hybridized carbons (Fsp3) is 0.400. The van der Waals surface area contributed by atoms with Crippen LogP contribution in [0.2, 0.25) is 0 Å². The second-order valence-corrected chi connectivity index (χ2v) is 3.13. The van der Waals surface area contributed by atoms with Gasteiger partial charge < -0.3 is 14.0 Å². The average molecular weight is 254 g/mol. The number of esters is 1. The lowest BCUT2D eigenvalue weighted by molar-refractivity contribution is -0.144. The smallest absolute Gasteiger partial charge is 0.412 e. The van der Waals surface area contributed by atoms with Crippen molar-refractivity contribution in [1.29, 1.82) is 0 Å². The number of hydrogen-bond acceptors (Lipinski definition) is 6. The number of rotatable bonds is 5. The van der Waals surface area contributed by atoms with Crippen LogP contribution in [0.5, 0.6) is 0 Å². The van der Waals surface area contributed by atoms with Crippen LogP contribution in [0.1, 0.15) is 13.8 Å². The molecule has 0 fully saturated rings. The topological polar surface area (TPSA) is 94.8 Å². The predicted molar refractivity (Wildman–Crippen MR) is 62.3 cm³/mol. The third-order valence-corrected chi connectivity index (χ3v) is 1.69. The van der Waals surface area contributed by atoms with Gasteiger partial charge in [0.05, 0.1) is 25.5 Å². The Hall–Kier alpha value is -2.38. The van der Waals surface area contributed by atoms with E-state index in [2.05, 4.69) is 20.0 Å². The highest BCUT2D eigenvalue weighted by molar-refractivity contribution is 5.82. The lowest BCUT2D eigenvalue weighted by atomic mass is 10.7. The molecule has 0 aliphatic rings. The molecule has 0 saturated heterocycles. The summed E-state index contributed by atoms with van der Waals surface area (Å²) in [4.78, 5) is 29.3. The van der Waals surface area contributed by atoms with Crippen molar-refractivity contribution >= 4 is 24.2 Å². The van der Waals surface area contributed by atoms with E-state index in [9.17, 15) is 9.59 Å². The second-order valence-electron chi connectivity index (χ2n) is 3.13. The molecule has 0 spiro atoms. The van der Waals surface area contributed by atoms with Crippen molar-refractivity contribution in [3.05, 3.63) is 12.5 Å². The summed E-state index contributed by atoms with van der Waals surface area (Å²) < 4.78 is 10.9. The van der Waals surface area contributed by atoms with Gasteiger partial charge in [-0.05, 0) is 6.92 Å². The minimum atomic E-state index is -0.583. The van der Waals surface area contributed by atoms with E-state index in [0.717, 1.165) is 0 Å². The molecule has 0 aliphatic carbocycles. The first kappa shape index (κ1) is 13.7. The lowest BCUT2D eigenvalue weighted by Gasteiger charge is -2.00. The molecule has 1 heterocycles. The fourth-order valence-corrected chi connectivity index (χ4v) is 0.975. The zero-order chi connectivity index (χ0) is 13.4. The zero-order valence-corrected chi connectivity index (χ0v) is 10.1. The van der Waals surface area contributed by atoms with Crippen LogP contribution in [0.3, 0.4) is 0 Å². The summed E-state index contributed by atoms with van der Waals surface area (Å²) in [6.45, 7) is 3.38. The molecule has 98 valence electrons. The number of carbonyl (C=O) groups excluding carboxylic acids is 2. The summed E-state index contributed by atoms with van der Waals surface area (Å²) in [7, 11) is 0. The minimum absolute atomic E-state index is 0.0726. The number of alkyl carbamates (subject to hydrolysis) is 1. The quantitative estimate of drug-likeness (QED) is 0.476. The van der Waals surface area contributed by atoms with Crippen molar-refractivity contribution in [3.63, 3.8) is 0 Å². The normalized spacial score (nSPS) is 10.3. The monoisotopic (exact) mass is 254 g/mol. The largest absolute Gasteiger partial charge is 0.450 e. The van der Waals surface area contributed by atoms with E-state index < -0.39 is 6.09 Å². The lowest BCUT2D eigenvalue weighted by Crippen LogP contribution is -2.22. The van der Waals surface area contributed by atoms with E-state index in [-0.39, 0.29) is 19.3 Å². The van der Waals surface area contributed by atoms with E-state index in [1.165, 1.54) is 19.6 Å². The SMILES string of the molecule is CCOC(=O)N/C=N/c1cn(COC(C)=O)cn1. The van der Waals surface area contributed by atoms with E-state index in [0.29, 0.717) is 5.82 Å². The highest BCUT2D eigenvalue weighted by Gasteiger charge is 1.99. The van der Waals surface area contributed by atoms with Crippen molar-refractivity contribution in [2.75, 3.05) is 6.61 Å². The van der Waals surface area contributed by atoms with Crippen LogP contribution in [0.25, 0.3) is 0 Å². The van der Waals surface area contributed by atoms with Gasteiger partial charge in [-0.25, -0.2) is 14.8 Å². The first-order valence-electron chi connectivity index (χ1n) is 5.22. The summed E-state index contributed by atoms with van der Waals surface area (Å²) in [5, 5.41) is 2.30. The Morgan fingerprint density at radius 3 is 3.00 bits per heavy atom. The summed E-state index contributed by atoms with van der Waals surface area (Å²) in [5.41, 5.74) is 0. The van der Waals surface area contributed by atoms with E-state index in [1.807, 2.05) is 0 Å². The van der Waals surface area contributed by atoms with E-state index in [1.54, 1.807) is 17.7 Å². The van der Waals surface area contributed by atoms with Gasteiger partial charge >= 0.3 is 12.1 Å². The third-order valence-electron chi connectivity index (χ3n) is 1.69. The van der Waals surface area contributed by atoms with Crippen molar-refractivity contribution in [3.8, 4) is 0 Å². The van der Waals surface area contributed by atoms with Crippen molar-refractivity contribution in [1.82, 2.24) is 14.9 Å². The second kappa shape index (κ2) is 7.05. The highest BCUT2D eigenvalue weighted by atomic mass is 16.5. The number of nitrogens with zero attached hydrogens (tertiary/aromatic N) is 3. The molecule has 1 aromatic rings. The number of aliphatic imine (C=N–C) groups is 1. The van der Waals surface area contributed by atoms with Crippen LogP contribution in [-0.2, 0) is 21.0 Å². The molecule has 0 atom stereocenters. The van der Waals surface area contributed by atoms with Gasteiger partial charge in [0.1, 0.15) is 0 Å². The molecule has 8 heteroatoms. The molecule has 0 radical (unpaired) electrons. The van der Waals surface area contributed by atoms with Crippen LogP contribution in [-0.4, -0.2) is 34.6 Å². The predicted octanol–water partition coefficient (Wildman–Crippen LogP) is 0.810. The Morgan fingerprint density at radius 1 is 1.56 bits per heavy atom. The Morgan fingerprint density at radius 2 is 2.33 bits per heavy atom. The molecule has 0 saturated carbocycles. The number of imidazole rings is 1. The molecule has 8 nitrogen and oxygen atoms in total. The van der Waals surface area contributed by atoms with Crippen molar-refractivity contribution in [2.45, 2.75) is 20.6 Å². The molecule has 0 unspecified atom stereocenters. The first-order valence-corrected chi connectivity index (χ1v) is 5.22. The van der Waals surface area contributed by atoms with Crippen LogP contribution in [0.4, 0.5) is 10.6 Å². The van der Waals surface area contributed by atoms with Crippen LogP contribution in [0, 0.1) is 0 Å². The molecular formula is C10H14N4O4. The maximum Gasteiger partial charge on any atom is 0.412 e. The van der Waals surface area contributed by atoms with Gasteiger partial charge in [0.15, 0.2) is 12.5 Å². The van der Waals surface area contributed by atoms with Gasteiger partial charge in [-0.1, -0.05) is 0 Å². The van der Waals surface area contributed by atoms with Gasteiger partial charge in [-0.3, -0.25) is 10.1 Å².